The molecule has 0 radical (unpaired) electrons. The number of oxazole rings is 1. The molecule has 0 spiro atoms. The highest BCUT2D eigenvalue weighted by Gasteiger charge is 2.21. The number of hydrogen-bond donors (Lipinski definition) is 0. The normalized spacial score (nSPS) is 12.2. The van der Waals surface area contributed by atoms with Crippen LogP contribution in [0.25, 0.3) is 11.1 Å². The first-order chi connectivity index (χ1) is 7.88. The van der Waals surface area contributed by atoms with Crippen LogP contribution >= 0.6 is 10.7 Å². The molecular formula is C8H4ClF2NO4S. The summed E-state index contributed by atoms with van der Waals surface area (Å²) < 4.78 is 55.0. The van der Waals surface area contributed by atoms with E-state index in [4.69, 9.17) is 15.1 Å². The summed E-state index contributed by atoms with van der Waals surface area (Å²) in [6.45, 7) is -3.05. The molecule has 1 heterocycles. The van der Waals surface area contributed by atoms with Crippen molar-refractivity contribution in [1.82, 2.24) is 4.98 Å². The number of nitrogens with zero attached hydrogens (tertiary/aromatic N) is 1. The molecule has 92 valence electrons. The van der Waals surface area contributed by atoms with Crippen LogP contribution in [0.15, 0.2) is 27.8 Å². The predicted octanol–water partition coefficient (Wildman–Crippen LogP) is 2.36. The van der Waals surface area contributed by atoms with Crippen LogP contribution in [0.4, 0.5) is 8.78 Å². The van der Waals surface area contributed by atoms with Crippen LogP contribution in [0.2, 0.25) is 0 Å². The summed E-state index contributed by atoms with van der Waals surface area (Å²) in [5.41, 5.74) is -0.144. The smallest absolute Gasteiger partial charge is 0.387 e. The fourth-order valence-corrected chi connectivity index (χ4v) is 1.78. The lowest BCUT2D eigenvalue weighted by atomic mass is 10.3. The molecule has 0 amide bonds. The Morgan fingerprint density at radius 3 is 2.71 bits per heavy atom. The molecule has 2 aromatic rings. The highest BCUT2D eigenvalue weighted by Crippen LogP contribution is 2.29. The first-order valence-corrected chi connectivity index (χ1v) is 6.48. The molecule has 0 aliphatic rings. The largest absolute Gasteiger partial charge is 0.431 e. The van der Waals surface area contributed by atoms with Crippen molar-refractivity contribution >= 4 is 30.8 Å². The Balaban J connectivity index is 2.61. The second-order valence-electron chi connectivity index (χ2n) is 2.90. The molecule has 17 heavy (non-hydrogen) atoms. The van der Waals surface area contributed by atoms with Gasteiger partial charge in [-0.25, -0.2) is 8.42 Å². The quantitative estimate of drug-likeness (QED) is 0.809. The lowest BCUT2D eigenvalue weighted by Gasteiger charge is -2.02. The molecule has 0 unspecified atom stereocenters. The van der Waals surface area contributed by atoms with Gasteiger partial charge in [-0.2, -0.15) is 13.8 Å². The van der Waals surface area contributed by atoms with Crippen molar-refractivity contribution < 1.29 is 26.4 Å². The van der Waals surface area contributed by atoms with Gasteiger partial charge in [0.1, 0.15) is 5.52 Å². The summed E-state index contributed by atoms with van der Waals surface area (Å²) in [6.07, 6.45) is 0. The molecule has 2 rings (SSSR count). The molecule has 0 atom stereocenters. The molecule has 0 aliphatic heterocycles. The van der Waals surface area contributed by atoms with Gasteiger partial charge in [0.2, 0.25) is 0 Å². The van der Waals surface area contributed by atoms with Crippen molar-refractivity contribution in [3.05, 3.63) is 18.2 Å². The molecule has 0 N–H and O–H groups in total. The average Bonchev–Trinajstić information content (AvgIpc) is 2.60. The van der Waals surface area contributed by atoms with Gasteiger partial charge in [-0.3, -0.25) is 0 Å². The standard InChI is InChI=1S/C8H4ClF2NO4S/c9-17(13,14)8-12-4-2-1-3-5(6(4)16-8)15-7(10)11/h1-3,7H. The van der Waals surface area contributed by atoms with Crippen LogP contribution in [-0.2, 0) is 9.05 Å². The number of aromatic nitrogens is 1. The van der Waals surface area contributed by atoms with Gasteiger partial charge in [-0.15, -0.1) is 0 Å². The third-order valence-corrected chi connectivity index (χ3v) is 2.77. The molecule has 1 aromatic carbocycles. The van der Waals surface area contributed by atoms with E-state index in [2.05, 4.69) is 9.72 Å². The first kappa shape index (κ1) is 12.1. The second kappa shape index (κ2) is 4.11. The minimum Gasteiger partial charge on any atom is -0.431 e. The summed E-state index contributed by atoms with van der Waals surface area (Å²) in [7, 11) is 0.857. The SMILES string of the molecule is O=S(=O)(Cl)c1nc2cccc(OC(F)F)c2o1. The first-order valence-electron chi connectivity index (χ1n) is 4.17. The van der Waals surface area contributed by atoms with Crippen LogP contribution in [0.5, 0.6) is 5.75 Å². The van der Waals surface area contributed by atoms with Gasteiger partial charge in [0.05, 0.1) is 0 Å². The third-order valence-electron chi connectivity index (χ3n) is 1.78. The van der Waals surface area contributed by atoms with Crippen LogP contribution in [-0.4, -0.2) is 20.0 Å². The number of benzene rings is 1. The van der Waals surface area contributed by atoms with E-state index in [1.807, 2.05) is 0 Å². The molecule has 0 aliphatic carbocycles. The number of alkyl halides is 2. The number of hydrogen-bond acceptors (Lipinski definition) is 5. The number of fused-ring (bicyclic) bond motifs is 1. The summed E-state index contributed by atoms with van der Waals surface area (Å²) in [6, 6.07) is 3.94. The summed E-state index contributed by atoms with van der Waals surface area (Å²) in [5.74, 6) is -0.309. The Labute approximate surface area is 98.4 Å². The minimum atomic E-state index is -4.16. The summed E-state index contributed by atoms with van der Waals surface area (Å²) >= 11 is 0. The van der Waals surface area contributed by atoms with Gasteiger partial charge in [0.15, 0.2) is 11.3 Å². The van der Waals surface area contributed by atoms with Crippen molar-refractivity contribution in [3.63, 3.8) is 0 Å². The maximum absolute atomic E-state index is 12.1. The lowest BCUT2D eigenvalue weighted by molar-refractivity contribution is -0.0494. The molecule has 0 saturated heterocycles. The molecule has 0 saturated carbocycles. The molecule has 0 bridgehead atoms. The fraction of sp³-hybridized carbons (Fsp3) is 0.125. The van der Waals surface area contributed by atoms with E-state index in [1.165, 1.54) is 18.2 Å². The van der Waals surface area contributed by atoms with Crippen molar-refractivity contribution in [1.29, 1.82) is 0 Å². The number of para-hydroxylation sites is 1. The van der Waals surface area contributed by atoms with Gasteiger partial charge >= 0.3 is 20.9 Å². The Kier molecular flexibility index (Phi) is 2.92. The van der Waals surface area contributed by atoms with Crippen LogP contribution in [0.3, 0.4) is 0 Å². The van der Waals surface area contributed by atoms with Crippen LogP contribution < -0.4 is 4.74 Å². The van der Waals surface area contributed by atoms with Crippen molar-refractivity contribution in [2.24, 2.45) is 0 Å². The Bertz CT molecular complexity index is 655. The van der Waals surface area contributed by atoms with E-state index in [9.17, 15) is 17.2 Å². The van der Waals surface area contributed by atoms with Gasteiger partial charge in [0.25, 0.3) is 0 Å². The zero-order valence-corrected chi connectivity index (χ0v) is 9.50. The van der Waals surface area contributed by atoms with E-state index in [0.717, 1.165) is 0 Å². The van der Waals surface area contributed by atoms with Gasteiger partial charge < -0.3 is 9.15 Å². The van der Waals surface area contributed by atoms with E-state index in [-0.39, 0.29) is 16.8 Å². The van der Waals surface area contributed by atoms with Crippen molar-refractivity contribution in [3.8, 4) is 5.75 Å². The van der Waals surface area contributed by atoms with E-state index < -0.39 is 20.9 Å². The topological polar surface area (TPSA) is 69.4 Å². The number of halogens is 3. The monoisotopic (exact) mass is 283 g/mol. The second-order valence-corrected chi connectivity index (χ2v) is 5.34. The fourth-order valence-electron chi connectivity index (χ4n) is 1.20. The lowest BCUT2D eigenvalue weighted by Crippen LogP contribution is -2.01. The van der Waals surface area contributed by atoms with Crippen molar-refractivity contribution in [2.45, 2.75) is 11.8 Å². The van der Waals surface area contributed by atoms with Gasteiger partial charge in [-0.1, -0.05) is 6.07 Å². The highest BCUT2D eigenvalue weighted by atomic mass is 35.7. The molecular weight excluding hydrogens is 280 g/mol. The Morgan fingerprint density at radius 1 is 1.41 bits per heavy atom. The van der Waals surface area contributed by atoms with E-state index in [1.54, 1.807) is 0 Å². The summed E-state index contributed by atoms with van der Waals surface area (Å²) in [4.78, 5) is 3.54. The van der Waals surface area contributed by atoms with Gasteiger partial charge in [0, 0.05) is 10.7 Å². The third kappa shape index (κ3) is 2.47. The molecule has 0 fully saturated rings. The maximum Gasteiger partial charge on any atom is 0.387 e. The van der Waals surface area contributed by atoms with E-state index >= 15 is 0 Å². The van der Waals surface area contributed by atoms with E-state index in [0.29, 0.717) is 0 Å². The zero-order valence-electron chi connectivity index (χ0n) is 7.93. The number of ether oxygens (including phenoxy) is 1. The summed E-state index contributed by atoms with van der Waals surface area (Å²) in [5, 5.41) is -0.764. The highest BCUT2D eigenvalue weighted by molar-refractivity contribution is 8.13. The zero-order chi connectivity index (χ0) is 12.6. The minimum absolute atomic E-state index is 0.0578. The molecule has 5 nitrogen and oxygen atoms in total. The van der Waals surface area contributed by atoms with Crippen LogP contribution in [0.1, 0.15) is 0 Å². The van der Waals surface area contributed by atoms with Crippen molar-refractivity contribution in [2.75, 3.05) is 0 Å². The number of rotatable bonds is 3. The Hall–Kier alpha value is -1.41. The molecule has 1 aromatic heterocycles. The van der Waals surface area contributed by atoms with Gasteiger partial charge in [-0.05, 0) is 12.1 Å². The molecule has 9 heteroatoms. The Morgan fingerprint density at radius 2 is 2.12 bits per heavy atom. The predicted molar refractivity (Wildman–Crippen MR) is 53.7 cm³/mol. The maximum atomic E-state index is 12.1. The van der Waals surface area contributed by atoms with Crippen LogP contribution in [0, 0.1) is 0 Å². The average molecular weight is 284 g/mol.